The Morgan fingerprint density at radius 2 is 2.00 bits per heavy atom. The highest BCUT2D eigenvalue weighted by atomic mass is 16.7. The van der Waals surface area contributed by atoms with Crippen molar-refractivity contribution in [3.05, 3.63) is 35.5 Å². The van der Waals surface area contributed by atoms with Gasteiger partial charge in [0.1, 0.15) is 6.04 Å². The van der Waals surface area contributed by atoms with Crippen molar-refractivity contribution in [2.45, 2.75) is 32.9 Å². The average Bonchev–Trinajstić information content (AvgIpc) is 3.35. The molecule has 3 heterocycles. The molecule has 2 aliphatic rings. The summed E-state index contributed by atoms with van der Waals surface area (Å²) in [5.41, 5.74) is 1.18. The molecule has 2 aromatic rings. The van der Waals surface area contributed by atoms with E-state index in [-0.39, 0.29) is 18.9 Å². The third-order valence-electron chi connectivity index (χ3n) is 5.05. The molecule has 0 spiro atoms. The molecule has 0 aliphatic carbocycles. The maximum Gasteiger partial charge on any atom is 0.318 e. The zero-order valence-electron chi connectivity index (χ0n) is 16.2. The summed E-state index contributed by atoms with van der Waals surface area (Å²) in [6.45, 7) is 7.84. The van der Waals surface area contributed by atoms with Gasteiger partial charge in [0.25, 0.3) is 0 Å². The van der Waals surface area contributed by atoms with Crippen LogP contribution in [0.4, 0.5) is 4.79 Å². The van der Waals surface area contributed by atoms with Gasteiger partial charge in [-0.3, -0.25) is 4.90 Å². The number of nitrogens with zero attached hydrogens (tertiary/aromatic N) is 4. The topological polar surface area (TPSA) is 93.0 Å². The number of aromatic nitrogens is 2. The summed E-state index contributed by atoms with van der Waals surface area (Å²) < 4.78 is 16.0. The minimum Gasteiger partial charge on any atom is -0.454 e. The minimum absolute atomic E-state index is 0.0922. The highest BCUT2D eigenvalue weighted by molar-refractivity contribution is 5.74. The largest absolute Gasteiger partial charge is 0.454 e. The second-order valence-electron chi connectivity index (χ2n) is 7.04. The van der Waals surface area contributed by atoms with Crippen LogP contribution in [-0.4, -0.2) is 58.9 Å². The van der Waals surface area contributed by atoms with Crippen molar-refractivity contribution in [2.24, 2.45) is 0 Å². The van der Waals surface area contributed by atoms with Crippen molar-refractivity contribution in [3.8, 4) is 11.5 Å². The number of hydrogen-bond donors (Lipinski definition) is 1. The van der Waals surface area contributed by atoms with Crippen LogP contribution in [0.1, 0.15) is 36.7 Å². The minimum atomic E-state index is -0.264. The number of benzene rings is 1. The molecule has 2 amide bonds. The van der Waals surface area contributed by atoms with Crippen LogP contribution in [0.15, 0.2) is 22.7 Å². The van der Waals surface area contributed by atoms with Gasteiger partial charge < -0.3 is 24.2 Å². The summed E-state index contributed by atoms with van der Waals surface area (Å²) in [4.78, 5) is 21.0. The first-order valence-electron chi connectivity index (χ1n) is 9.59. The van der Waals surface area contributed by atoms with Crippen LogP contribution in [0.3, 0.4) is 0 Å². The van der Waals surface area contributed by atoms with Gasteiger partial charge in [0.05, 0.1) is 0 Å². The molecule has 1 aromatic heterocycles. The Hall–Kier alpha value is -2.81. The van der Waals surface area contributed by atoms with E-state index >= 15 is 0 Å². The van der Waals surface area contributed by atoms with E-state index in [0.717, 1.165) is 31.1 Å². The van der Waals surface area contributed by atoms with Gasteiger partial charge in [-0.05, 0) is 31.0 Å². The number of amides is 2. The lowest BCUT2D eigenvalue weighted by molar-refractivity contribution is 0.132. The number of nitrogens with one attached hydrogen (secondary N) is 1. The first-order valence-corrected chi connectivity index (χ1v) is 9.59. The summed E-state index contributed by atoms with van der Waals surface area (Å²) in [6, 6.07) is 5.68. The lowest BCUT2D eigenvalue weighted by Crippen LogP contribution is -2.51. The Labute approximate surface area is 163 Å². The van der Waals surface area contributed by atoms with Crippen molar-refractivity contribution in [1.29, 1.82) is 0 Å². The smallest absolute Gasteiger partial charge is 0.318 e. The molecule has 1 saturated heterocycles. The number of piperazine rings is 1. The molecule has 0 unspecified atom stereocenters. The number of fused-ring (bicyclic) bond motifs is 1. The fourth-order valence-corrected chi connectivity index (χ4v) is 3.44. The Kier molecular flexibility index (Phi) is 5.34. The molecular weight excluding hydrogens is 362 g/mol. The number of ether oxygens (including phenoxy) is 2. The van der Waals surface area contributed by atoms with Gasteiger partial charge in [-0.2, -0.15) is 4.98 Å². The summed E-state index contributed by atoms with van der Waals surface area (Å²) >= 11 is 0. The quantitative estimate of drug-likeness (QED) is 0.840. The summed E-state index contributed by atoms with van der Waals surface area (Å²) in [6.07, 6.45) is 0.692. The number of hydrogen-bond acceptors (Lipinski definition) is 7. The van der Waals surface area contributed by atoms with E-state index in [9.17, 15) is 4.79 Å². The fourth-order valence-electron chi connectivity index (χ4n) is 3.44. The zero-order chi connectivity index (χ0) is 19.5. The lowest BCUT2D eigenvalue weighted by atomic mass is 10.1. The fraction of sp³-hybridized carbons (Fsp3) is 0.526. The predicted octanol–water partition coefficient (Wildman–Crippen LogP) is 2.09. The van der Waals surface area contributed by atoms with Crippen molar-refractivity contribution in [2.75, 3.05) is 33.0 Å². The van der Waals surface area contributed by atoms with E-state index in [2.05, 4.69) is 26.4 Å². The van der Waals surface area contributed by atoms with Gasteiger partial charge in [-0.1, -0.05) is 18.1 Å². The van der Waals surface area contributed by atoms with Crippen LogP contribution in [-0.2, 0) is 6.54 Å². The Balaban J connectivity index is 1.28. The van der Waals surface area contributed by atoms with E-state index in [4.69, 9.17) is 14.0 Å². The van der Waals surface area contributed by atoms with Crippen molar-refractivity contribution in [1.82, 2.24) is 25.3 Å². The number of urea groups is 1. The van der Waals surface area contributed by atoms with Crippen LogP contribution in [0.2, 0.25) is 0 Å². The first kappa shape index (κ1) is 18.5. The standard InChI is InChI=1S/C19H25N5O4/c1-3-15(18-20-13(2)22-28-18)21-19(25)24-8-6-23(7-9-24)11-14-4-5-16-17(10-14)27-12-26-16/h4-5,10,15H,3,6-9,11-12H2,1-2H3,(H,21,25)/t15-/m0/s1. The molecule has 2 aliphatic heterocycles. The highest BCUT2D eigenvalue weighted by Gasteiger charge is 2.25. The molecule has 9 nitrogen and oxygen atoms in total. The molecule has 0 saturated carbocycles. The number of aryl methyl sites for hydroxylation is 1. The van der Waals surface area contributed by atoms with Gasteiger partial charge >= 0.3 is 6.03 Å². The Morgan fingerprint density at radius 1 is 1.21 bits per heavy atom. The van der Waals surface area contributed by atoms with Crippen LogP contribution in [0.5, 0.6) is 11.5 Å². The molecule has 4 rings (SSSR count). The Bertz CT molecular complexity index is 831. The lowest BCUT2D eigenvalue weighted by Gasteiger charge is -2.35. The molecule has 150 valence electrons. The Morgan fingerprint density at radius 3 is 2.71 bits per heavy atom. The van der Waals surface area contributed by atoms with Crippen LogP contribution in [0, 0.1) is 6.92 Å². The van der Waals surface area contributed by atoms with Crippen LogP contribution < -0.4 is 14.8 Å². The van der Waals surface area contributed by atoms with Crippen molar-refractivity contribution in [3.63, 3.8) is 0 Å². The van der Waals surface area contributed by atoms with Gasteiger partial charge in [0, 0.05) is 32.7 Å². The molecule has 1 N–H and O–H groups in total. The SMILES string of the molecule is CC[C@H](NC(=O)N1CCN(Cc2ccc3c(c2)OCO3)CC1)c1nc(C)no1. The van der Waals surface area contributed by atoms with Gasteiger partial charge in [-0.25, -0.2) is 4.79 Å². The highest BCUT2D eigenvalue weighted by Crippen LogP contribution is 2.32. The molecule has 0 bridgehead atoms. The maximum atomic E-state index is 12.6. The predicted molar refractivity (Wildman–Crippen MR) is 100 cm³/mol. The van der Waals surface area contributed by atoms with Crippen LogP contribution >= 0.6 is 0 Å². The third-order valence-corrected chi connectivity index (χ3v) is 5.05. The molecule has 1 fully saturated rings. The molecule has 28 heavy (non-hydrogen) atoms. The second kappa shape index (κ2) is 8.05. The zero-order valence-corrected chi connectivity index (χ0v) is 16.2. The van der Waals surface area contributed by atoms with Crippen molar-refractivity contribution < 1.29 is 18.8 Å². The molecule has 0 radical (unpaired) electrons. The molecule has 1 atom stereocenters. The van der Waals surface area contributed by atoms with Crippen LogP contribution in [0.25, 0.3) is 0 Å². The van der Waals surface area contributed by atoms with Crippen molar-refractivity contribution >= 4 is 6.03 Å². The third kappa shape index (κ3) is 4.04. The number of carbonyl (C=O) groups is 1. The van der Waals surface area contributed by atoms with Gasteiger partial charge in [0.2, 0.25) is 12.7 Å². The van der Waals surface area contributed by atoms with E-state index < -0.39 is 0 Å². The average molecular weight is 387 g/mol. The molecular formula is C19H25N5O4. The summed E-state index contributed by atoms with van der Waals surface area (Å²) in [5.74, 6) is 2.62. The monoisotopic (exact) mass is 387 g/mol. The molecule has 1 aromatic carbocycles. The second-order valence-corrected chi connectivity index (χ2v) is 7.04. The maximum absolute atomic E-state index is 12.6. The summed E-state index contributed by atoms with van der Waals surface area (Å²) in [7, 11) is 0. The summed E-state index contributed by atoms with van der Waals surface area (Å²) in [5, 5.41) is 6.80. The van der Waals surface area contributed by atoms with Gasteiger partial charge in [-0.15, -0.1) is 0 Å². The first-order chi connectivity index (χ1) is 13.6. The van der Waals surface area contributed by atoms with Gasteiger partial charge in [0.15, 0.2) is 17.3 Å². The number of carbonyl (C=O) groups excluding carboxylic acids is 1. The molecule has 9 heteroatoms. The van der Waals surface area contributed by atoms with E-state index in [1.165, 1.54) is 5.56 Å². The van der Waals surface area contributed by atoms with E-state index in [1.54, 1.807) is 6.92 Å². The normalized spacial score (nSPS) is 17.6. The number of rotatable bonds is 5. The van der Waals surface area contributed by atoms with E-state index in [1.807, 2.05) is 24.0 Å². The van der Waals surface area contributed by atoms with E-state index in [0.29, 0.717) is 31.2 Å².